The quantitative estimate of drug-likeness (QED) is 0.583. The first-order chi connectivity index (χ1) is 5.38. The second-order valence-corrected chi connectivity index (χ2v) is 4.35. The van der Waals surface area contributed by atoms with Crippen LogP contribution in [0.25, 0.3) is 0 Å². The number of hydrogen-bond acceptors (Lipinski definition) is 4. The lowest BCUT2D eigenvalue weighted by Gasteiger charge is -2.27. The smallest absolute Gasteiger partial charge is 0.0596 e. The summed E-state index contributed by atoms with van der Waals surface area (Å²) in [5.74, 6) is 3.09. The van der Waals surface area contributed by atoms with E-state index in [9.17, 15) is 0 Å². The van der Waals surface area contributed by atoms with Crippen LogP contribution in [-0.2, 0) is 0 Å². The Kier molecular flexibility index (Phi) is 4.67. The van der Waals surface area contributed by atoms with Gasteiger partial charge in [0.15, 0.2) is 0 Å². The summed E-state index contributed by atoms with van der Waals surface area (Å²) in [5, 5.41) is 8.96. The molecule has 4 heteroatoms. The van der Waals surface area contributed by atoms with E-state index in [1.165, 1.54) is 24.3 Å². The maximum absolute atomic E-state index is 8.96. The molecule has 11 heavy (non-hydrogen) atoms. The van der Waals surface area contributed by atoms with Crippen LogP contribution in [0.4, 0.5) is 0 Å². The molecule has 0 aromatic carbocycles. The van der Waals surface area contributed by atoms with Crippen LogP contribution in [0.5, 0.6) is 0 Å². The fourth-order valence-corrected chi connectivity index (χ4v) is 2.85. The highest BCUT2D eigenvalue weighted by Crippen LogP contribution is 2.25. The Morgan fingerprint density at radius 1 is 1.55 bits per heavy atom. The van der Waals surface area contributed by atoms with Gasteiger partial charge >= 0.3 is 0 Å². The lowest BCUT2D eigenvalue weighted by atomic mass is 9.95. The summed E-state index contributed by atoms with van der Waals surface area (Å²) in [7, 11) is 0. The average Bonchev–Trinajstić information content (AvgIpc) is 2.09. The molecule has 2 nitrogen and oxygen atoms in total. The molecular formula is C7H15NOS2. The van der Waals surface area contributed by atoms with Gasteiger partial charge in [0.05, 0.1) is 6.61 Å². The van der Waals surface area contributed by atoms with Gasteiger partial charge in [-0.15, -0.1) is 0 Å². The highest BCUT2D eigenvalue weighted by molar-refractivity contribution is 7.99. The molecular weight excluding hydrogens is 178 g/mol. The Labute approximate surface area is 77.7 Å². The summed E-state index contributed by atoms with van der Waals surface area (Å²) in [6, 6.07) is 0.194. The predicted octanol–water partition coefficient (Wildman–Crippen LogP) is 0.925. The number of thiol groups is 1. The van der Waals surface area contributed by atoms with Crippen LogP contribution in [-0.4, -0.2) is 29.3 Å². The minimum Gasteiger partial charge on any atom is -0.395 e. The van der Waals surface area contributed by atoms with E-state index < -0.39 is 0 Å². The lowest BCUT2D eigenvalue weighted by molar-refractivity contribution is 0.211. The number of rotatable bonds is 3. The zero-order valence-corrected chi connectivity index (χ0v) is 8.20. The fourth-order valence-electron chi connectivity index (χ4n) is 1.41. The molecule has 1 fully saturated rings. The van der Waals surface area contributed by atoms with Crippen LogP contribution in [0.2, 0.25) is 0 Å². The maximum Gasteiger partial charge on any atom is 0.0596 e. The molecule has 0 aromatic heterocycles. The molecule has 0 aliphatic carbocycles. The van der Waals surface area contributed by atoms with Crippen LogP contribution < -0.4 is 4.72 Å². The van der Waals surface area contributed by atoms with Gasteiger partial charge in [0.1, 0.15) is 0 Å². The molecule has 0 bridgehead atoms. The summed E-state index contributed by atoms with van der Waals surface area (Å²) >= 11 is 5.99. The fraction of sp³-hybridized carbons (Fsp3) is 1.00. The molecule has 2 N–H and O–H groups in total. The van der Waals surface area contributed by atoms with Crippen LogP contribution in [0.15, 0.2) is 0 Å². The molecule has 0 radical (unpaired) electrons. The standard InChI is InChI=1S/C7H15NOS2/c9-5-7(8-10)6-1-3-11-4-2-6/h6-10H,1-5H2. The molecule has 1 aliphatic rings. The molecule has 1 atom stereocenters. The highest BCUT2D eigenvalue weighted by Gasteiger charge is 2.21. The number of aliphatic hydroxyl groups is 1. The van der Waals surface area contributed by atoms with Crippen molar-refractivity contribution in [3.63, 3.8) is 0 Å². The maximum atomic E-state index is 8.96. The van der Waals surface area contributed by atoms with E-state index in [1.54, 1.807) is 0 Å². The molecule has 0 aromatic rings. The predicted molar refractivity (Wildman–Crippen MR) is 53.0 cm³/mol. The van der Waals surface area contributed by atoms with Gasteiger partial charge in [-0.3, -0.25) is 4.72 Å². The molecule has 0 saturated carbocycles. The highest BCUT2D eigenvalue weighted by atomic mass is 32.2. The minimum atomic E-state index is 0.194. The van der Waals surface area contributed by atoms with E-state index in [-0.39, 0.29) is 12.6 Å². The SMILES string of the molecule is OCC(NS)C1CCSCC1. The summed E-state index contributed by atoms with van der Waals surface area (Å²) in [4.78, 5) is 0. The van der Waals surface area contributed by atoms with Gasteiger partial charge in [0.25, 0.3) is 0 Å². The molecule has 1 rings (SSSR count). The Balaban J connectivity index is 2.30. The van der Waals surface area contributed by atoms with Crippen molar-refractivity contribution in [2.24, 2.45) is 5.92 Å². The van der Waals surface area contributed by atoms with Gasteiger partial charge in [-0.05, 0) is 30.3 Å². The largest absolute Gasteiger partial charge is 0.395 e. The molecule has 1 unspecified atom stereocenters. The third kappa shape index (κ3) is 2.86. The van der Waals surface area contributed by atoms with E-state index in [2.05, 4.69) is 17.5 Å². The van der Waals surface area contributed by atoms with Crippen molar-refractivity contribution in [1.29, 1.82) is 0 Å². The van der Waals surface area contributed by atoms with Gasteiger partial charge in [-0.2, -0.15) is 11.8 Å². The monoisotopic (exact) mass is 193 g/mol. The van der Waals surface area contributed by atoms with Crippen molar-refractivity contribution in [3.05, 3.63) is 0 Å². The zero-order valence-electron chi connectivity index (χ0n) is 6.49. The van der Waals surface area contributed by atoms with Crippen molar-refractivity contribution < 1.29 is 5.11 Å². The summed E-state index contributed by atoms with van der Waals surface area (Å²) in [6.07, 6.45) is 2.42. The van der Waals surface area contributed by atoms with E-state index in [0.717, 1.165) is 0 Å². The van der Waals surface area contributed by atoms with Gasteiger partial charge in [-0.1, -0.05) is 12.8 Å². The number of aliphatic hydroxyl groups excluding tert-OH is 1. The van der Waals surface area contributed by atoms with Crippen LogP contribution in [0.1, 0.15) is 12.8 Å². The second kappa shape index (κ2) is 5.30. The second-order valence-electron chi connectivity index (χ2n) is 2.87. The van der Waals surface area contributed by atoms with Gasteiger partial charge in [-0.25, -0.2) is 0 Å². The Bertz CT molecular complexity index is 103. The summed E-state index contributed by atoms with van der Waals surface area (Å²) in [6.45, 7) is 0.207. The van der Waals surface area contributed by atoms with E-state index in [0.29, 0.717) is 5.92 Å². The Morgan fingerprint density at radius 2 is 2.18 bits per heavy atom. The number of nitrogens with one attached hydrogen (secondary N) is 1. The van der Waals surface area contributed by atoms with Crippen molar-refractivity contribution in [2.45, 2.75) is 18.9 Å². The van der Waals surface area contributed by atoms with Gasteiger partial charge in [0.2, 0.25) is 0 Å². The van der Waals surface area contributed by atoms with Gasteiger partial charge in [0, 0.05) is 6.04 Å². The van der Waals surface area contributed by atoms with E-state index >= 15 is 0 Å². The minimum absolute atomic E-state index is 0.194. The first-order valence-corrected chi connectivity index (χ1v) is 5.57. The van der Waals surface area contributed by atoms with Crippen molar-refractivity contribution >= 4 is 24.6 Å². The molecule has 0 spiro atoms. The summed E-state index contributed by atoms with van der Waals surface area (Å²) < 4.78 is 2.86. The Hall–Kier alpha value is 0.620. The number of thioether (sulfide) groups is 1. The molecule has 0 amide bonds. The van der Waals surface area contributed by atoms with Crippen molar-refractivity contribution in [3.8, 4) is 0 Å². The first kappa shape index (κ1) is 9.71. The van der Waals surface area contributed by atoms with Crippen molar-refractivity contribution in [2.75, 3.05) is 18.1 Å². The van der Waals surface area contributed by atoms with Crippen LogP contribution in [0.3, 0.4) is 0 Å². The molecule has 1 saturated heterocycles. The topological polar surface area (TPSA) is 32.3 Å². The average molecular weight is 193 g/mol. The third-order valence-electron chi connectivity index (χ3n) is 2.20. The normalized spacial score (nSPS) is 23.5. The third-order valence-corrected chi connectivity index (χ3v) is 3.58. The lowest BCUT2D eigenvalue weighted by Crippen LogP contribution is -2.36. The van der Waals surface area contributed by atoms with E-state index in [1.807, 2.05) is 11.8 Å². The zero-order chi connectivity index (χ0) is 8.10. The van der Waals surface area contributed by atoms with Crippen LogP contribution in [0, 0.1) is 5.92 Å². The Morgan fingerprint density at radius 3 is 2.64 bits per heavy atom. The van der Waals surface area contributed by atoms with E-state index in [4.69, 9.17) is 5.11 Å². The first-order valence-electron chi connectivity index (χ1n) is 3.96. The molecule has 1 aliphatic heterocycles. The van der Waals surface area contributed by atoms with Crippen LogP contribution >= 0.6 is 24.6 Å². The summed E-state index contributed by atoms with van der Waals surface area (Å²) in [5.41, 5.74) is 0. The van der Waals surface area contributed by atoms with Crippen molar-refractivity contribution in [1.82, 2.24) is 4.72 Å². The number of hydrogen-bond donors (Lipinski definition) is 3. The molecule has 66 valence electrons. The van der Waals surface area contributed by atoms with Gasteiger partial charge < -0.3 is 5.11 Å². The molecule has 1 heterocycles.